The molecule has 120 valence electrons. The summed E-state index contributed by atoms with van der Waals surface area (Å²) in [5.41, 5.74) is 2.02. The summed E-state index contributed by atoms with van der Waals surface area (Å²) in [7, 11) is 0. The molecule has 0 radical (unpaired) electrons. The maximum Gasteiger partial charge on any atom is 0.311 e. The van der Waals surface area contributed by atoms with Gasteiger partial charge >= 0.3 is 5.97 Å². The van der Waals surface area contributed by atoms with Gasteiger partial charge in [0.2, 0.25) is 0 Å². The first-order valence-electron chi connectivity index (χ1n) is 7.50. The van der Waals surface area contributed by atoms with Crippen molar-refractivity contribution in [2.24, 2.45) is 0 Å². The monoisotopic (exact) mass is 314 g/mol. The molecule has 0 heterocycles. The minimum absolute atomic E-state index is 0.151. The van der Waals surface area contributed by atoms with Crippen molar-refractivity contribution in [1.82, 2.24) is 0 Å². The highest BCUT2D eigenvalue weighted by Crippen LogP contribution is 2.24. The second-order valence-corrected chi connectivity index (χ2v) is 5.85. The summed E-state index contributed by atoms with van der Waals surface area (Å²) < 4.78 is 12.9. The van der Waals surface area contributed by atoms with E-state index in [2.05, 4.69) is 13.8 Å². The van der Waals surface area contributed by atoms with Gasteiger partial charge in [0.05, 0.1) is 5.92 Å². The van der Waals surface area contributed by atoms with Gasteiger partial charge in [0.15, 0.2) is 5.78 Å². The third-order valence-electron chi connectivity index (χ3n) is 3.86. The number of carboxylic acids is 1. The minimum Gasteiger partial charge on any atom is -0.481 e. The van der Waals surface area contributed by atoms with E-state index >= 15 is 0 Å². The molecule has 0 amide bonds. The maximum atomic E-state index is 12.9. The van der Waals surface area contributed by atoms with Gasteiger partial charge in [0.1, 0.15) is 5.82 Å². The molecule has 0 unspecified atom stereocenters. The molecule has 0 aliphatic rings. The third-order valence-corrected chi connectivity index (χ3v) is 3.86. The molecular formula is C19H19FO3. The smallest absolute Gasteiger partial charge is 0.311 e. The minimum atomic E-state index is -1.04. The molecule has 2 aromatic carbocycles. The molecule has 1 N–H and O–H groups in total. The summed E-state index contributed by atoms with van der Waals surface area (Å²) in [6, 6.07) is 12.4. The molecule has 3 nitrogen and oxygen atoms in total. The first kappa shape index (κ1) is 16.9. The second kappa shape index (κ2) is 7.18. The van der Waals surface area contributed by atoms with Crippen molar-refractivity contribution in [1.29, 1.82) is 0 Å². The highest BCUT2D eigenvalue weighted by atomic mass is 19.1. The van der Waals surface area contributed by atoms with E-state index in [-0.39, 0.29) is 12.2 Å². The van der Waals surface area contributed by atoms with Crippen LogP contribution in [0.5, 0.6) is 0 Å². The van der Waals surface area contributed by atoms with E-state index in [1.165, 1.54) is 24.3 Å². The van der Waals surface area contributed by atoms with Gasteiger partial charge in [-0.15, -0.1) is 0 Å². The lowest BCUT2D eigenvalue weighted by Gasteiger charge is -2.14. The van der Waals surface area contributed by atoms with Crippen molar-refractivity contribution in [3.8, 4) is 0 Å². The molecule has 0 aliphatic heterocycles. The average Bonchev–Trinajstić information content (AvgIpc) is 2.53. The first-order valence-corrected chi connectivity index (χ1v) is 7.50. The van der Waals surface area contributed by atoms with Crippen molar-refractivity contribution in [2.45, 2.75) is 32.1 Å². The molecule has 1 atom stereocenters. The lowest BCUT2D eigenvalue weighted by Crippen LogP contribution is -2.16. The topological polar surface area (TPSA) is 54.4 Å². The summed E-state index contributed by atoms with van der Waals surface area (Å²) in [6.45, 7) is 4.11. The number of hydrogen-bond acceptors (Lipinski definition) is 2. The largest absolute Gasteiger partial charge is 0.481 e. The number of carbonyl (C=O) groups excluding carboxylic acids is 1. The van der Waals surface area contributed by atoms with Crippen molar-refractivity contribution in [3.63, 3.8) is 0 Å². The number of rotatable bonds is 6. The Bertz CT molecular complexity index is 688. The van der Waals surface area contributed by atoms with Crippen molar-refractivity contribution >= 4 is 11.8 Å². The molecule has 0 aliphatic carbocycles. The molecule has 4 heteroatoms. The normalized spacial score (nSPS) is 12.2. The van der Waals surface area contributed by atoms with Gasteiger partial charge in [-0.3, -0.25) is 9.59 Å². The molecule has 0 bridgehead atoms. The summed E-state index contributed by atoms with van der Waals surface area (Å²) in [6.07, 6.45) is -0.151. The predicted octanol–water partition coefficient (Wildman–Crippen LogP) is 4.39. The van der Waals surface area contributed by atoms with Crippen LogP contribution >= 0.6 is 0 Å². The van der Waals surface area contributed by atoms with Crippen LogP contribution in [0, 0.1) is 5.82 Å². The molecular weight excluding hydrogens is 295 g/mol. The fraction of sp³-hybridized carbons (Fsp3) is 0.263. The lowest BCUT2D eigenvalue weighted by atomic mass is 9.90. The Morgan fingerprint density at radius 3 is 1.96 bits per heavy atom. The zero-order chi connectivity index (χ0) is 17.0. The molecule has 0 fully saturated rings. The number of carboxylic acid groups (broad SMARTS) is 1. The van der Waals surface area contributed by atoms with Crippen LogP contribution in [0.3, 0.4) is 0 Å². The highest BCUT2D eigenvalue weighted by molar-refractivity contribution is 5.99. The predicted molar refractivity (Wildman–Crippen MR) is 86.3 cm³/mol. The van der Waals surface area contributed by atoms with Gasteiger partial charge in [-0.2, -0.15) is 0 Å². The van der Waals surface area contributed by atoms with E-state index in [4.69, 9.17) is 0 Å². The van der Waals surface area contributed by atoms with E-state index in [0.29, 0.717) is 17.0 Å². The zero-order valence-electron chi connectivity index (χ0n) is 13.1. The maximum absolute atomic E-state index is 12.9. The average molecular weight is 314 g/mol. The number of benzene rings is 2. The molecule has 2 rings (SSSR count). The number of halogens is 1. The van der Waals surface area contributed by atoms with Gasteiger partial charge in [-0.25, -0.2) is 4.39 Å². The fourth-order valence-electron chi connectivity index (χ4n) is 2.40. The Balaban J connectivity index is 2.20. The summed E-state index contributed by atoms with van der Waals surface area (Å²) in [5.74, 6) is -2.34. The van der Waals surface area contributed by atoms with Gasteiger partial charge in [-0.05, 0) is 41.3 Å². The second-order valence-electron chi connectivity index (χ2n) is 5.85. The van der Waals surface area contributed by atoms with Crippen molar-refractivity contribution < 1.29 is 19.1 Å². The van der Waals surface area contributed by atoms with E-state index in [1.807, 2.05) is 12.1 Å². The van der Waals surface area contributed by atoms with Gasteiger partial charge in [0, 0.05) is 12.0 Å². The number of carbonyl (C=O) groups is 2. The number of Topliss-reactive ketones (excluding diaryl/α,β-unsaturated/α-hetero) is 1. The Kier molecular flexibility index (Phi) is 5.27. The van der Waals surface area contributed by atoms with Crippen LogP contribution < -0.4 is 0 Å². The molecule has 23 heavy (non-hydrogen) atoms. The summed E-state index contributed by atoms with van der Waals surface area (Å²) in [4.78, 5) is 23.8. The summed E-state index contributed by atoms with van der Waals surface area (Å²) >= 11 is 0. The Hall–Kier alpha value is -2.49. The van der Waals surface area contributed by atoms with Crippen LogP contribution in [0.25, 0.3) is 0 Å². The molecule has 0 aromatic heterocycles. The van der Waals surface area contributed by atoms with Crippen molar-refractivity contribution in [3.05, 3.63) is 71.0 Å². The highest BCUT2D eigenvalue weighted by Gasteiger charge is 2.24. The standard InChI is InChI=1S/C19H19FO3/c1-12(2)13-3-5-14(6-4-13)17(19(22)23)11-18(21)15-7-9-16(20)10-8-15/h3-10,12,17H,11H2,1-2H3,(H,22,23)/t17-/m0/s1. The van der Waals surface area contributed by atoms with Crippen LogP contribution in [0.2, 0.25) is 0 Å². The third kappa shape index (κ3) is 4.25. The van der Waals surface area contributed by atoms with Crippen LogP contribution in [0.4, 0.5) is 4.39 Å². The van der Waals surface area contributed by atoms with Gasteiger partial charge in [-0.1, -0.05) is 38.1 Å². The Morgan fingerprint density at radius 2 is 1.48 bits per heavy atom. The number of aliphatic carboxylic acids is 1. The molecule has 0 saturated heterocycles. The molecule has 2 aromatic rings. The van der Waals surface area contributed by atoms with E-state index in [0.717, 1.165) is 5.56 Å². The Morgan fingerprint density at radius 1 is 0.957 bits per heavy atom. The van der Waals surface area contributed by atoms with Crippen LogP contribution in [-0.4, -0.2) is 16.9 Å². The number of ketones is 1. The van der Waals surface area contributed by atoms with Crippen molar-refractivity contribution in [2.75, 3.05) is 0 Å². The van der Waals surface area contributed by atoms with E-state index in [1.54, 1.807) is 12.1 Å². The zero-order valence-corrected chi connectivity index (χ0v) is 13.1. The van der Waals surface area contributed by atoms with E-state index < -0.39 is 17.7 Å². The van der Waals surface area contributed by atoms with Crippen LogP contribution in [0.15, 0.2) is 48.5 Å². The quantitative estimate of drug-likeness (QED) is 0.805. The van der Waals surface area contributed by atoms with Gasteiger partial charge < -0.3 is 5.11 Å². The van der Waals surface area contributed by atoms with Crippen LogP contribution in [0.1, 0.15) is 53.6 Å². The first-order chi connectivity index (χ1) is 10.9. The molecule has 0 spiro atoms. The molecule has 0 saturated carbocycles. The fourth-order valence-corrected chi connectivity index (χ4v) is 2.40. The van der Waals surface area contributed by atoms with Crippen LogP contribution in [-0.2, 0) is 4.79 Å². The van der Waals surface area contributed by atoms with E-state index in [9.17, 15) is 19.1 Å². The summed E-state index contributed by atoms with van der Waals surface area (Å²) in [5, 5.41) is 9.43. The lowest BCUT2D eigenvalue weighted by molar-refractivity contribution is -0.138. The SMILES string of the molecule is CC(C)c1ccc([C@H](CC(=O)c2ccc(F)cc2)C(=O)O)cc1. The van der Waals surface area contributed by atoms with Gasteiger partial charge in [0.25, 0.3) is 0 Å². The Labute approximate surface area is 134 Å². The number of hydrogen-bond donors (Lipinski definition) is 1.